The monoisotopic (exact) mass is 223 g/mol. The van der Waals surface area contributed by atoms with Crippen LogP contribution in [-0.4, -0.2) is 6.61 Å². The van der Waals surface area contributed by atoms with E-state index in [1.807, 2.05) is 0 Å². The third kappa shape index (κ3) is 2.48. The van der Waals surface area contributed by atoms with Crippen molar-refractivity contribution in [1.29, 1.82) is 5.26 Å². The second-order valence-electron chi connectivity index (χ2n) is 4.23. The summed E-state index contributed by atoms with van der Waals surface area (Å²) in [6.45, 7) is 0.351. The molecule has 0 aliphatic heterocycles. The summed E-state index contributed by atoms with van der Waals surface area (Å²) in [7, 11) is 0. The van der Waals surface area contributed by atoms with E-state index in [0.29, 0.717) is 13.0 Å². The Balaban J connectivity index is 1.97. The van der Waals surface area contributed by atoms with E-state index in [4.69, 9.17) is 10.00 Å². The minimum atomic E-state index is -0.653. The van der Waals surface area contributed by atoms with Crippen molar-refractivity contribution in [2.24, 2.45) is 5.41 Å². The quantitative estimate of drug-likeness (QED) is 0.786. The summed E-state index contributed by atoms with van der Waals surface area (Å²) in [5.74, 6) is -1.12. The molecule has 16 heavy (non-hydrogen) atoms. The third-order valence-electron chi connectivity index (χ3n) is 2.79. The molecule has 0 unspecified atom stereocenters. The Labute approximate surface area is 92.5 Å². The second-order valence-corrected chi connectivity index (χ2v) is 4.23. The van der Waals surface area contributed by atoms with Crippen molar-refractivity contribution in [2.45, 2.75) is 19.3 Å². The van der Waals surface area contributed by atoms with Crippen LogP contribution in [0.1, 0.15) is 19.3 Å². The van der Waals surface area contributed by atoms with Crippen LogP contribution in [0.15, 0.2) is 18.2 Å². The molecule has 0 spiro atoms. The van der Waals surface area contributed by atoms with Gasteiger partial charge in [0.15, 0.2) is 0 Å². The summed E-state index contributed by atoms with van der Waals surface area (Å²) in [5.41, 5.74) is -0.0858. The van der Waals surface area contributed by atoms with E-state index >= 15 is 0 Å². The van der Waals surface area contributed by atoms with Gasteiger partial charge < -0.3 is 4.74 Å². The van der Waals surface area contributed by atoms with Crippen LogP contribution in [0.4, 0.5) is 8.78 Å². The average Bonchev–Trinajstić information content (AvgIpc) is 2.95. The average molecular weight is 223 g/mol. The van der Waals surface area contributed by atoms with Crippen molar-refractivity contribution in [2.75, 3.05) is 6.61 Å². The molecule has 0 bridgehead atoms. The van der Waals surface area contributed by atoms with E-state index in [1.54, 1.807) is 0 Å². The van der Waals surface area contributed by atoms with Crippen LogP contribution in [-0.2, 0) is 0 Å². The van der Waals surface area contributed by atoms with Gasteiger partial charge >= 0.3 is 0 Å². The molecular formula is C12H11F2NO. The predicted octanol–water partition coefficient (Wildman–Crippen LogP) is 3.04. The highest BCUT2D eigenvalue weighted by Crippen LogP contribution is 2.48. The van der Waals surface area contributed by atoms with Gasteiger partial charge in [0, 0.05) is 30.0 Å². The molecule has 0 heterocycles. The maximum absolute atomic E-state index is 12.8. The first-order chi connectivity index (χ1) is 7.63. The van der Waals surface area contributed by atoms with Crippen molar-refractivity contribution in [3.63, 3.8) is 0 Å². The first-order valence-corrected chi connectivity index (χ1v) is 5.09. The molecule has 0 N–H and O–H groups in total. The minimum Gasteiger partial charge on any atom is -0.493 e. The van der Waals surface area contributed by atoms with E-state index in [-0.39, 0.29) is 11.2 Å². The van der Waals surface area contributed by atoms with Gasteiger partial charge in [-0.15, -0.1) is 0 Å². The standard InChI is InChI=1S/C12H11F2NO/c13-9-5-10(14)7-11(6-9)16-8-12(1-2-12)3-4-15/h5-7H,1-3,8H2. The number of ether oxygens (including phenoxy) is 1. The molecule has 0 amide bonds. The zero-order valence-electron chi connectivity index (χ0n) is 8.67. The van der Waals surface area contributed by atoms with Crippen LogP contribution in [0.25, 0.3) is 0 Å². The molecule has 1 aliphatic carbocycles. The maximum atomic E-state index is 12.8. The third-order valence-corrected chi connectivity index (χ3v) is 2.79. The van der Waals surface area contributed by atoms with E-state index in [1.165, 1.54) is 0 Å². The van der Waals surface area contributed by atoms with Crippen LogP contribution in [0.5, 0.6) is 5.75 Å². The Bertz CT molecular complexity index is 415. The number of benzene rings is 1. The van der Waals surface area contributed by atoms with Crippen LogP contribution in [0.3, 0.4) is 0 Å². The largest absolute Gasteiger partial charge is 0.493 e. The predicted molar refractivity (Wildman–Crippen MR) is 53.8 cm³/mol. The molecule has 0 aromatic heterocycles. The molecular weight excluding hydrogens is 212 g/mol. The fourth-order valence-electron chi connectivity index (χ4n) is 1.56. The smallest absolute Gasteiger partial charge is 0.129 e. The summed E-state index contributed by atoms with van der Waals surface area (Å²) in [4.78, 5) is 0. The van der Waals surface area contributed by atoms with Crippen LogP contribution >= 0.6 is 0 Å². The lowest BCUT2D eigenvalue weighted by Gasteiger charge is -2.12. The Morgan fingerprint density at radius 2 is 1.88 bits per heavy atom. The molecule has 1 aromatic carbocycles. The van der Waals surface area contributed by atoms with E-state index < -0.39 is 11.6 Å². The van der Waals surface area contributed by atoms with Crippen molar-refractivity contribution in [1.82, 2.24) is 0 Å². The molecule has 2 nitrogen and oxygen atoms in total. The van der Waals surface area contributed by atoms with Gasteiger partial charge in [0.1, 0.15) is 17.4 Å². The number of rotatable bonds is 4. The molecule has 1 aromatic rings. The van der Waals surface area contributed by atoms with Crippen molar-refractivity contribution >= 4 is 0 Å². The Kier molecular flexibility index (Phi) is 2.78. The molecule has 1 aliphatic rings. The maximum Gasteiger partial charge on any atom is 0.129 e. The zero-order valence-corrected chi connectivity index (χ0v) is 8.67. The summed E-state index contributed by atoms with van der Waals surface area (Å²) in [6.07, 6.45) is 2.32. The van der Waals surface area contributed by atoms with Gasteiger partial charge in [-0.05, 0) is 12.8 Å². The van der Waals surface area contributed by atoms with E-state index in [0.717, 1.165) is 31.0 Å². The van der Waals surface area contributed by atoms with E-state index in [9.17, 15) is 8.78 Å². The highest BCUT2D eigenvalue weighted by atomic mass is 19.1. The topological polar surface area (TPSA) is 33.0 Å². The van der Waals surface area contributed by atoms with Crippen molar-refractivity contribution < 1.29 is 13.5 Å². The van der Waals surface area contributed by atoms with E-state index in [2.05, 4.69) is 6.07 Å². The number of halogens is 2. The highest BCUT2D eigenvalue weighted by Gasteiger charge is 2.43. The van der Waals surface area contributed by atoms with Gasteiger partial charge in [0.25, 0.3) is 0 Å². The minimum absolute atomic E-state index is 0.0858. The van der Waals surface area contributed by atoms with Crippen molar-refractivity contribution in [3.8, 4) is 11.8 Å². The molecule has 0 saturated heterocycles. The molecule has 1 saturated carbocycles. The molecule has 2 rings (SSSR count). The van der Waals surface area contributed by atoms with Crippen LogP contribution in [0.2, 0.25) is 0 Å². The fourth-order valence-corrected chi connectivity index (χ4v) is 1.56. The number of hydrogen-bond donors (Lipinski definition) is 0. The SMILES string of the molecule is N#CCC1(COc2cc(F)cc(F)c2)CC1. The van der Waals surface area contributed by atoms with Gasteiger partial charge in [-0.3, -0.25) is 0 Å². The fraction of sp³-hybridized carbons (Fsp3) is 0.417. The molecule has 1 fully saturated rings. The van der Waals surface area contributed by atoms with Crippen LogP contribution < -0.4 is 4.74 Å². The van der Waals surface area contributed by atoms with Crippen molar-refractivity contribution in [3.05, 3.63) is 29.8 Å². The van der Waals surface area contributed by atoms with Crippen LogP contribution in [0, 0.1) is 28.4 Å². The Morgan fingerprint density at radius 3 is 2.38 bits per heavy atom. The molecule has 0 atom stereocenters. The van der Waals surface area contributed by atoms with Gasteiger partial charge in [0.2, 0.25) is 0 Å². The number of hydrogen-bond acceptors (Lipinski definition) is 2. The molecule has 0 radical (unpaired) electrons. The van der Waals surface area contributed by atoms with Gasteiger partial charge in [-0.1, -0.05) is 0 Å². The normalized spacial score (nSPS) is 16.6. The number of nitrogens with zero attached hydrogens (tertiary/aromatic N) is 1. The highest BCUT2D eigenvalue weighted by molar-refractivity contribution is 5.24. The van der Waals surface area contributed by atoms with Gasteiger partial charge in [0.05, 0.1) is 12.7 Å². The Hall–Kier alpha value is -1.63. The second kappa shape index (κ2) is 4.09. The lowest BCUT2D eigenvalue weighted by atomic mass is 10.1. The summed E-state index contributed by atoms with van der Waals surface area (Å²) in [6, 6.07) is 5.19. The summed E-state index contributed by atoms with van der Waals surface area (Å²) in [5, 5.41) is 8.60. The molecule has 84 valence electrons. The van der Waals surface area contributed by atoms with Gasteiger partial charge in [-0.25, -0.2) is 8.78 Å². The zero-order chi connectivity index (χ0) is 11.6. The van der Waals surface area contributed by atoms with Gasteiger partial charge in [-0.2, -0.15) is 5.26 Å². The Morgan fingerprint density at radius 1 is 1.25 bits per heavy atom. The summed E-state index contributed by atoms with van der Waals surface area (Å²) < 4.78 is 31.0. The number of nitriles is 1. The molecule has 4 heteroatoms. The first-order valence-electron chi connectivity index (χ1n) is 5.09. The summed E-state index contributed by atoms with van der Waals surface area (Å²) >= 11 is 0. The lowest BCUT2D eigenvalue weighted by Crippen LogP contribution is -2.12. The first kappa shape index (κ1) is 10.9. The lowest BCUT2D eigenvalue weighted by molar-refractivity contribution is 0.235.